The summed E-state index contributed by atoms with van der Waals surface area (Å²) in [7, 11) is 0. The molecule has 1 aliphatic carbocycles. The van der Waals surface area contributed by atoms with Gasteiger partial charge in [0.05, 0.1) is 6.61 Å². The van der Waals surface area contributed by atoms with Gasteiger partial charge in [-0.25, -0.2) is 0 Å². The number of carbonyl (C=O) groups excluding carboxylic acids is 1. The molecule has 0 radical (unpaired) electrons. The number of nitrogens with zero attached hydrogens (tertiary/aromatic N) is 1. The fourth-order valence-corrected chi connectivity index (χ4v) is 4.10. The third-order valence-electron chi connectivity index (χ3n) is 5.01. The van der Waals surface area contributed by atoms with Crippen LogP contribution in [0.15, 0.2) is 0 Å². The van der Waals surface area contributed by atoms with E-state index >= 15 is 0 Å². The highest BCUT2D eigenvalue weighted by Crippen LogP contribution is 2.34. The highest BCUT2D eigenvalue weighted by molar-refractivity contribution is 5.83. The Kier molecular flexibility index (Phi) is 4.00. The van der Waals surface area contributed by atoms with E-state index in [9.17, 15) is 4.79 Å². The Hall–Kier alpha value is -0.410. The van der Waals surface area contributed by atoms with Crippen LogP contribution >= 0.6 is 0 Å². The third kappa shape index (κ3) is 2.48. The van der Waals surface area contributed by atoms with E-state index in [0.29, 0.717) is 23.8 Å². The number of hydrogen-bond donors (Lipinski definition) is 0. The fourth-order valence-electron chi connectivity index (χ4n) is 4.10. The van der Waals surface area contributed by atoms with Crippen LogP contribution in [0, 0.1) is 5.92 Å². The lowest BCUT2D eigenvalue weighted by molar-refractivity contribution is -0.124. The van der Waals surface area contributed by atoms with Gasteiger partial charge in [0.25, 0.3) is 0 Å². The molecule has 18 heavy (non-hydrogen) atoms. The van der Waals surface area contributed by atoms with Crippen molar-refractivity contribution in [2.24, 2.45) is 5.92 Å². The third-order valence-corrected chi connectivity index (χ3v) is 5.01. The molecule has 2 heterocycles. The van der Waals surface area contributed by atoms with Crippen molar-refractivity contribution in [3.8, 4) is 0 Å². The van der Waals surface area contributed by atoms with E-state index < -0.39 is 0 Å². The number of carbonyl (C=O) groups is 1. The summed E-state index contributed by atoms with van der Waals surface area (Å²) in [6, 6.07) is 1.11. The second-order valence-corrected chi connectivity index (χ2v) is 6.14. The maximum absolute atomic E-state index is 12.0. The molecule has 2 aliphatic heterocycles. The normalized spacial score (nSPS) is 39.1. The molecular weight excluding hydrogens is 226 g/mol. The largest absolute Gasteiger partial charge is 0.380 e. The summed E-state index contributed by atoms with van der Waals surface area (Å²) in [4.78, 5) is 14.7. The van der Waals surface area contributed by atoms with Crippen molar-refractivity contribution < 1.29 is 9.53 Å². The summed E-state index contributed by atoms with van der Waals surface area (Å²) in [5.41, 5.74) is 0. The Morgan fingerprint density at radius 1 is 1.06 bits per heavy atom. The average molecular weight is 251 g/mol. The first-order valence-electron chi connectivity index (χ1n) is 7.72. The van der Waals surface area contributed by atoms with Gasteiger partial charge in [0.1, 0.15) is 5.78 Å². The van der Waals surface area contributed by atoms with Gasteiger partial charge in [-0.1, -0.05) is 6.42 Å². The first-order valence-corrected chi connectivity index (χ1v) is 7.72. The van der Waals surface area contributed by atoms with Gasteiger partial charge < -0.3 is 4.74 Å². The minimum atomic E-state index is 0.340. The van der Waals surface area contributed by atoms with Gasteiger partial charge in [0.15, 0.2) is 0 Å². The SMILES string of the molecule is O=C1CCCC1C1CCCCN1C1CCCOC1. The van der Waals surface area contributed by atoms with E-state index in [-0.39, 0.29) is 0 Å². The number of likely N-dealkylation sites (tertiary alicyclic amines) is 1. The first-order chi connectivity index (χ1) is 8.86. The van der Waals surface area contributed by atoms with Gasteiger partial charge in [-0.15, -0.1) is 0 Å². The molecule has 0 amide bonds. The van der Waals surface area contributed by atoms with Crippen LogP contribution in [0.1, 0.15) is 51.4 Å². The maximum atomic E-state index is 12.0. The minimum absolute atomic E-state index is 0.340. The zero-order chi connectivity index (χ0) is 12.4. The Morgan fingerprint density at radius 2 is 2.00 bits per heavy atom. The van der Waals surface area contributed by atoms with Crippen molar-refractivity contribution in [1.29, 1.82) is 0 Å². The molecule has 3 heteroatoms. The predicted molar refractivity (Wildman–Crippen MR) is 70.5 cm³/mol. The molecule has 2 saturated heterocycles. The Labute approximate surface area is 110 Å². The highest BCUT2D eigenvalue weighted by Gasteiger charge is 2.39. The standard InChI is InChI=1S/C15H25NO2/c17-15-8-3-6-13(15)14-7-1-2-9-16(14)12-5-4-10-18-11-12/h12-14H,1-11H2. The lowest BCUT2D eigenvalue weighted by Gasteiger charge is -2.44. The lowest BCUT2D eigenvalue weighted by atomic mass is 9.86. The van der Waals surface area contributed by atoms with E-state index in [2.05, 4.69) is 4.90 Å². The number of ether oxygens (including phenoxy) is 1. The quantitative estimate of drug-likeness (QED) is 0.754. The molecule has 0 N–H and O–H groups in total. The molecule has 3 unspecified atom stereocenters. The molecule has 0 spiro atoms. The van der Waals surface area contributed by atoms with Crippen molar-refractivity contribution in [3.05, 3.63) is 0 Å². The van der Waals surface area contributed by atoms with Gasteiger partial charge in [-0.2, -0.15) is 0 Å². The van der Waals surface area contributed by atoms with Crippen LogP contribution in [-0.4, -0.2) is 42.5 Å². The summed E-state index contributed by atoms with van der Waals surface area (Å²) in [6.07, 6.45) is 9.36. The van der Waals surface area contributed by atoms with Crippen LogP contribution in [0.25, 0.3) is 0 Å². The summed E-state index contributed by atoms with van der Waals surface area (Å²) < 4.78 is 5.65. The zero-order valence-corrected chi connectivity index (χ0v) is 11.3. The van der Waals surface area contributed by atoms with E-state index in [0.717, 1.165) is 32.5 Å². The molecule has 0 aromatic carbocycles. The van der Waals surface area contributed by atoms with Crippen molar-refractivity contribution in [1.82, 2.24) is 4.90 Å². The van der Waals surface area contributed by atoms with Gasteiger partial charge in [0, 0.05) is 31.0 Å². The van der Waals surface area contributed by atoms with Crippen LogP contribution < -0.4 is 0 Å². The number of rotatable bonds is 2. The van der Waals surface area contributed by atoms with Crippen LogP contribution in [0.2, 0.25) is 0 Å². The van der Waals surface area contributed by atoms with Gasteiger partial charge in [-0.05, 0) is 45.1 Å². The average Bonchev–Trinajstić information content (AvgIpc) is 2.86. The molecule has 0 aromatic heterocycles. The molecule has 0 bridgehead atoms. The van der Waals surface area contributed by atoms with E-state index in [4.69, 9.17) is 4.74 Å². The molecule has 3 rings (SSSR count). The Balaban J connectivity index is 1.70. The molecule has 0 aromatic rings. The van der Waals surface area contributed by atoms with E-state index in [1.54, 1.807) is 0 Å². The first kappa shape index (κ1) is 12.6. The number of hydrogen-bond acceptors (Lipinski definition) is 3. The number of Topliss-reactive ketones (excluding diaryl/α,β-unsaturated/α-hetero) is 1. The lowest BCUT2D eigenvalue weighted by Crippen LogP contribution is -2.53. The molecule has 3 nitrogen and oxygen atoms in total. The zero-order valence-electron chi connectivity index (χ0n) is 11.3. The molecule has 1 saturated carbocycles. The van der Waals surface area contributed by atoms with Gasteiger partial charge in [-0.3, -0.25) is 9.69 Å². The van der Waals surface area contributed by atoms with Gasteiger partial charge >= 0.3 is 0 Å². The van der Waals surface area contributed by atoms with Crippen molar-refractivity contribution in [3.63, 3.8) is 0 Å². The number of piperidine rings is 1. The molecule has 3 fully saturated rings. The fraction of sp³-hybridized carbons (Fsp3) is 0.933. The molecular formula is C15H25NO2. The van der Waals surface area contributed by atoms with Crippen LogP contribution in [-0.2, 0) is 9.53 Å². The minimum Gasteiger partial charge on any atom is -0.380 e. The second kappa shape index (κ2) is 5.70. The summed E-state index contributed by atoms with van der Waals surface area (Å²) >= 11 is 0. The predicted octanol–water partition coefficient (Wildman–Crippen LogP) is 2.39. The van der Waals surface area contributed by atoms with Crippen molar-refractivity contribution >= 4 is 5.78 Å². The Bertz CT molecular complexity index is 299. The Morgan fingerprint density at radius 3 is 2.72 bits per heavy atom. The summed E-state index contributed by atoms with van der Waals surface area (Å²) in [6.45, 7) is 3.00. The smallest absolute Gasteiger partial charge is 0.137 e. The summed E-state index contributed by atoms with van der Waals surface area (Å²) in [5.74, 6) is 0.871. The topological polar surface area (TPSA) is 29.5 Å². The monoisotopic (exact) mass is 251 g/mol. The van der Waals surface area contributed by atoms with Crippen LogP contribution in [0.5, 0.6) is 0 Å². The maximum Gasteiger partial charge on any atom is 0.137 e. The second-order valence-electron chi connectivity index (χ2n) is 6.14. The molecule has 102 valence electrons. The highest BCUT2D eigenvalue weighted by atomic mass is 16.5. The van der Waals surface area contributed by atoms with Crippen molar-refractivity contribution in [2.75, 3.05) is 19.8 Å². The van der Waals surface area contributed by atoms with Gasteiger partial charge in [0.2, 0.25) is 0 Å². The molecule has 3 aliphatic rings. The van der Waals surface area contributed by atoms with Crippen LogP contribution in [0.4, 0.5) is 0 Å². The van der Waals surface area contributed by atoms with E-state index in [1.807, 2.05) is 0 Å². The number of ketones is 1. The molecule has 3 atom stereocenters. The van der Waals surface area contributed by atoms with E-state index in [1.165, 1.54) is 38.6 Å². The summed E-state index contributed by atoms with van der Waals surface area (Å²) in [5, 5.41) is 0. The van der Waals surface area contributed by atoms with Crippen LogP contribution in [0.3, 0.4) is 0 Å². The van der Waals surface area contributed by atoms with Crippen molar-refractivity contribution in [2.45, 2.75) is 63.5 Å².